The van der Waals surface area contributed by atoms with Gasteiger partial charge in [-0.2, -0.15) is 5.26 Å². The maximum absolute atomic E-state index is 13.9. The number of carbonyl (C=O) groups is 1. The van der Waals surface area contributed by atoms with Crippen LogP contribution in [0.1, 0.15) is 27.0 Å². The van der Waals surface area contributed by atoms with Crippen molar-refractivity contribution in [3.8, 4) is 23.3 Å². The molecular formula is C27H19FN6O2. The Morgan fingerprint density at radius 3 is 2.78 bits per heavy atom. The number of halogens is 1. The van der Waals surface area contributed by atoms with Crippen LogP contribution in [0.2, 0.25) is 0 Å². The lowest BCUT2D eigenvalue weighted by molar-refractivity contribution is 0.0950. The lowest BCUT2D eigenvalue weighted by Crippen LogP contribution is -2.23. The predicted molar refractivity (Wildman–Crippen MR) is 130 cm³/mol. The van der Waals surface area contributed by atoms with E-state index in [1.54, 1.807) is 66.6 Å². The van der Waals surface area contributed by atoms with Crippen molar-refractivity contribution < 1.29 is 13.9 Å². The van der Waals surface area contributed by atoms with Gasteiger partial charge in [0.25, 0.3) is 5.91 Å². The molecule has 176 valence electrons. The van der Waals surface area contributed by atoms with Gasteiger partial charge in [-0.3, -0.25) is 9.78 Å². The van der Waals surface area contributed by atoms with Crippen LogP contribution in [-0.4, -0.2) is 25.9 Å². The molecule has 5 aromatic rings. The van der Waals surface area contributed by atoms with Crippen molar-refractivity contribution in [3.05, 3.63) is 107 Å². The highest BCUT2D eigenvalue weighted by molar-refractivity contribution is 5.96. The van der Waals surface area contributed by atoms with Crippen LogP contribution in [0.3, 0.4) is 0 Å². The maximum atomic E-state index is 13.9. The van der Waals surface area contributed by atoms with Crippen LogP contribution in [0.4, 0.5) is 4.39 Å². The van der Waals surface area contributed by atoms with Crippen LogP contribution in [0, 0.1) is 24.1 Å². The maximum Gasteiger partial charge on any atom is 0.251 e. The average Bonchev–Trinajstić information content (AvgIpc) is 3.44. The van der Waals surface area contributed by atoms with Crippen LogP contribution in [0.15, 0.2) is 79.3 Å². The van der Waals surface area contributed by atoms with Gasteiger partial charge in [0.05, 0.1) is 29.2 Å². The molecule has 0 aliphatic heterocycles. The fourth-order valence-corrected chi connectivity index (χ4v) is 3.81. The molecule has 0 bridgehead atoms. The Kier molecular flexibility index (Phi) is 6.07. The first-order chi connectivity index (χ1) is 17.5. The third kappa shape index (κ3) is 4.48. The third-order valence-electron chi connectivity index (χ3n) is 5.73. The zero-order valence-corrected chi connectivity index (χ0v) is 19.1. The summed E-state index contributed by atoms with van der Waals surface area (Å²) in [7, 11) is 0. The van der Waals surface area contributed by atoms with E-state index in [2.05, 4.69) is 20.6 Å². The topological polar surface area (TPSA) is 106 Å². The smallest absolute Gasteiger partial charge is 0.251 e. The molecule has 0 aliphatic carbocycles. The van der Waals surface area contributed by atoms with Gasteiger partial charge in [-0.15, -0.1) is 5.10 Å². The van der Waals surface area contributed by atoms with Gasteiger partial charge < -0.3 is 10.1 Å². The number of ether oxygens (including phenoxy) is 1. The van der Waals surface area contributed by atoms with E-state index in [1.165, 1.54) is 12.1 Å². The van der Waals surface area contributed by atoms with Crippen molar-refractivity contribution in [3.63, 3.8) is 0 Å². The Morgan fingerprint density at radius 2 is 2.00 bits per heavy atom. The molecule has 9 heteroatoms. The summed E-state index contributed by atoms with van der Waals surface area (Å²) in [4.78, 5) is 17.3. The van der Waals surface area contributed by atoms with E-state index in [1.807, 2.05) is 18.2 Å². The summed E-state index contributed by atoms with van der Waals surface area (Å²) in [5, 5.41) is 20.3. The van der Waals surface area contributed by atoms with Crippen molar-refractivity contribution in [1.29, 1.82) is 5.26 Å². The van der Waals surface area contributed by atoms with Crippen LogP contribution in [0.5, 0.6) is 11.5 Å². The van der Waals surface area contributed by atoms with Gasteiger partial charge >= 0.3 is 0 Å². The average molecular weight is 478 g/mol. The van der Waals surface area contributed by atoms with Crippen LogP contribution < -0.4 is 10.1 Å². The molecule has 0 saturated carbocycles. The summed E-state index contributed by atoms with van der Waals surface area (Å²) in [5.74, 6) is 0.187. The Labute approximate surface area is 205 Å². The van der Waals surface area contributed by atoms with E-state index >= 15 is 0 Å². The minimum Gasteiger partial charge on any atom is -0.456 e. The van der Waals surface area contributed by atoms with Crippen molar-refractivity contribution in [1.82, 2.24) is 25.3 Å². The quantitative estimate of drug-likeness (QED) is 0.374. The Balaban J connectivity index is 1.36. The Bertz CT molecular complexity index is 1630. The zero-order valence-electron chi connectivity index (χ0n) is 19.1. The number of nitrogens with zero attached hydrogens (tertiary/aromatic N) is 5. The summed E-state index contributed by atoms with van der Waals surface area (Å²) < 4.78 is 21.7. The van der Waals surface area contributed by atoms with Gasteiger partial charge in [0.15, 0.2) is 0 Å². The molecule has 36 heavy (non-hydrogen) atoms. The Morgan fingerprint density at radius 1 is 1.11 bits per heavy atom. The van der Waals surface area contributed by atoms with E-state index in [4.69, 9.17) is 10.00 Å². The number of pyridine rings is 1. The first-order valence-electron chi connectivity index (χ1n) is 11.0. The molecule has 2 heterocycles. The van der Waals surface area contributed by atoms with Gasteiger partial charge in [0, 0.05) is 29.3 Å². The monoisotopic (exact) mass is 478 g/mol. The summed E-state index contributed by atoms with van der Waals surface area (Å²) in [5.41, 5.74) is 3.16. The fourth-order valence-electron chi connectivity index (χ4n) is 3.81. The van der Waals surface area contributed by atoms with Gasteiger partial charge in [-0.05, 0) is 61.0 Å². The second-order valence-electron chi connectivity index (χ2n) is 8.00. The highest BCUT2D eigenvalue weighted by Gasteiger charge is 2.15. The highest BCUT2D eigenvalue weighted by Crippen LogP contribution is 2.32. The number of carbonyl (C=O) groups excluding carboxylic acids is 1. The molecule has 0 aliphatic rings. The third-order valence-corrected chi connectivity index (χ3v) is 5.73. The SMILES string of the molecule is Cc1c(Oc2ccnc3cc(-n4ccnn4)ccc23)cccc1C(=O)NCc1ccc(C#N)c(F)c1. The molecule has 0 unspecified atom stereocenters. The molecule has 2 aromatic heterocycles. The minimum atomic E-state index is -0.617. The summed E-state index contributed by atoms with van der Waals surface area (Å²) in [6, 6.07) is 18.7. The minimum absolute atomic E-state index is 0.0379. The predicted octanol–water partition coefficient (Wildman–Crippen LogP) is 4.86. The normalized spacial score (nSPS) is 10.7. The van der Waals surface area contributed by atoms with Gasteiger partial charge in [-0.25, -0.2) is 9.07 Å². The van der Waals surface area contributed by atoms with Gasteiger partial charge in [0.1, 0.15) is 23.4 Å². The summed E-state index contributed by atoms with van der Waals surface area (Å²) in [6.07, 6.45) is 5.01. The number of benzene rings is 3. The van der Waals surface area contributed by atoms with E-state index in [0.717, 1.165) is 16.6 Å². The van der Waals surface area contributed by atoms with E-state index in [0.29, 0.717) is 28.2 Å². The van der Waals surface area contributed by atoms with Gasteiger partial charge in [0.2, 0.25) is 0 Å². The summed E-state index contributed by atoms with van der Waals surface area (Å²) >= 11 is 0. The molecule has 3 aromatic carbocycles. The second kappa shape index (κ2) is 9.64. The van der Waals surface area contributed by atoms with Crippen molar-refractivity contribution >= 4 is 16.8 Å². The number of fused-ring (bicyclic) bond motifs is 1. The number of aromatic nitrogens is 4. The zero-order chi connectivity index (χ0) is 25.1. The number of amides is 1. The van der Waals surface area contributed by atoms with Crippen molar-refractivity contribution in [2.75, 3.05) is 0 Å². The lowest BCUT2D eigenvalue weighted by Gasteiger charge is -2.14. The van der Waals surface area contributed by atoms with Crippen molar-refractivity contribution in [2.45, 2.75) is 13.5 Å². The molecule has 0 spiro atoms. The standard InChI is InChI=1S/C27H19FN6O2/c1-17-21(27(35)31-16-18-5-6-19(15-29)23(28)13-18)3-2-4-25(17)36-26-9-10-30-24-14-20(7-8-22(24)26)34-12-11-32-33-34/h2-14H,16H2,1H3,(H,31,35). The van der Waals surface area contributed by atoms with Crippen LogP contribution in [0.25, 0.3) is 16.6 Å². The van der Waals surface area contributed by atoms with E-state index in [-0.39, 0.29) is 18.0 Å². The molecule has 1 N–H and O–H groups in total. The number of hydrogen-bond acceptors (Lipinski definition) is 6. The van der Waals surface area contributed by atoms with Crippen LogP contribution in [-0.2, 0) is 6.54 Å². The molecule has 0 atom stereocenters. The highest BCUT2D eigenvalue weighted by atomic mass is 19.1. The number of hydrogen-bond donors (Lipinski definition) is 1. The number of nitrogens with one attached hydrogen (secondary N) is 1. The molecule has 5 rings (SSSR count). The van der Waals surface area contributed by atoms with E-state index < -0.39 is 5.82 Å². The fraction of sp³-hybridized carbons (Fsp3) is 0.0741. The molecule has 0 saturated heterocycles. The lowest BCUT2D eigenvalue weighted by atomic mass is 10.1. The number of rotatable bonds is 6. The molecule has 1 amide bonds. The molecule has 0 radical (unpaired) electrons. The largest absolute Gasteiger partial charge is 0.456 e. The van der Waals surface area contributed by atoms with Gasteiger partial charge in [-0.1, -0.05) is 17.3 Å². The first kappa shape index (κ1) is 22.7. The molecule has 0 fully saturated rings. The van der Waals surface area contributed by atoms with Crippen LogP contribution >= 0.6 is 0 Å². The Hall–Kier alpha value is -5.10. The van der Waals surface area contributed by atoms with E-state index in [9.17, 15) is 9.18 Å². The van der Waals surface area contributed by atoms with Crippen molar-refractivity contribution in [2.24, 2.45) is 0 Å². The molecule has 8 nitrogen and oxygen atoms in total. The molecular weight excluding hydrogens is 459 g/mol. The first-order valence-corrected chi connectivity index (χ1v) is 11.0. The summed E-state index contributed by atoms with van der Waals surface area (Å²) in [6.45, 7) is 1.92. The number of nitriles is 1. The second-order valence-corrected chi connectivity index (χ2v) is 8.00.